The van der Waals surface area contributed by atoms with E-state index in [-0.39, 0.29) is 0 Å². The molecule has 2 aromatic carbocycles. The van der Waals surface area contributed by atoms with E-state index in [9.17, 15) is 0 Å². The summed E-state index contributed by atoms with van der Waals surface area (Å²) in [5.41, 5.74) is 25.6. The van der Waals surface area contributed by atoms with Gasteiger partial charge in [-0.05, 0) is 24.3 Å². The number of benzene rings is 2. The monoisotopic (exact) mass is 244 g/mol. The molecule has 0 aliphatic carbocycles. The Morgan fingerprint density at radius 1 is 0.588 bits per heavy atom. The minimum absolute atomic E-state index is 0.590. The Balaban J connectivity index is 2.51. The van der Waals surface area contributed by atoms with E-state index >= 15 is 0 Å². The Labute approximate surface area is 102 Å². The Bertz CT molecular complexity index is 683. The largest absolute Gasteiger partial charge is 0.397 e. The quantitative estimate of drug-likeness (QED) is 0.456. The molecular formula is C12H12N4S. The third-order valence-electron chi connectivity index (χ3n) is 2.88. The van der Waals surface area contributed by atoms with Crippen LogP contribution in [0.3, 0.4) is 0 Å². The fourth-order valence-corrected chi connectivity index (χ4v) is 3.10. The van der Waals surface area contributed by atoms with E-state index in [0.717, 1.165) is 20.2 Å². The third kappa shape index (κ3) is 1.36. The number of thiophene rings is 1. The molecule has 8 N–H and O–H groups in total. The van der Waals surface area contributed by atoms with Crippen LogP contribution >= 0.6 is 11.3 Å². The Morgan fingerprint density at radius 3 is 1.35 bits per heavy atom. The molecule has 1 aromatic heterocycles. The van der Waals surface area contributed by atoms with E-state index in [1.807, 2.05) is 24.3 Å². The molecule has 4 nitrogen and oxygen atoms in total. The van der Waals surface area contributed by atoms with Gasteiger partial charge < -0.3 is 22.9 Å². The number of fused-ring (bicyclic) bond motifs is 3. The molecule has 0 bridgehead atoms. The normalized spacial score (nSPS) is 11.3. The molecule has 0 saturated carbocycles. The first-order chi connectivity index (χ1) is 8.06. The van der Waals surface area contributed by atoms with Crippen LogP contribution in [0, 0.1) is 0 Å². The highest BCUT2D eigenvalue weighted by Gasteiger charge is 2.09. The molecule has 0 atom stereocenters. The van der Waals surface area contributed by atoms with E-state index in [1.165, 1.54) is 0 Å². The van der Waals surface area contributed by atoms with Crippen LogP contribution in [0.2, 0.25) is 0 Å². The summed E-state index contributed by atoms with van der Waals surface area (Å²) in [7, 11) is 0. The van der Waals surface area contributed by atoms with Crippen LogP contribution in [0.25, 0.3) is 20.2 Å². The van der Waals surface area contributed by atoms with Gasteiger partial charge in [-0.2, -0.15) is 0 Å². The SMILES string of the molecule is Nc1cc2sc3cc(N)c(N)cc3c2cc1N. The molecule has 17 heavy (non-hydrogen) atoms. The zero-order chi connectivity index (χ0) is 12.2. The van der Waals surface area contributed by atoms with Crippen molar-refractivity contribution in [3.8, 4) is 0 Å². The molecule has 3 rings (SSSR count). The predicted molar refractivity (Wildman–Crippen MR) is 77.0 cm³/mol. The van der Waals surface area contributed by atoms with E-state index in [0.29, 0.717) is 22.7 Å². The van der Waals surface area contributed by atoms with Gasteiger partial charge in [0.2, 0.25) is 0 Å². The van der Waals surface area contributed by atoms with Crippen molar-refractivity contribution in [2.24, 2.45) is 0 Å². The number of anilines is 4. The van der Waals surface area contributed by atoms with Gasteiger partial charge in [0.25, 0.3) is 0 Å². The zero-order valence-electron chi connectivity index (χ0n) is 9.03. The first kappa shape index (κ1) is 10.0. The lowest BCUT2D eigenvalue weighted by Gasteiger charge is -2.01. The molecule has 3 aromatic rings. The maximum Gasteiger partial charge on any atom is 0.0562 e. The highest BCUT2D eigenvalue weighted by molar-refractivity contribution is 7.25. The maximum atomic E-state index is 5.83. The Morgan fingerprint density at radius 2 is 0.941 bits per heavy atom. The van der Waals surface area contributed by atoms with Crippen LogP contribution in [0.4, 0.5) is 22.7 Å². The average Bonchev–Trinajstić information content (AvgIpc) is 2.58. The van der Waals surface area contributed by atoms with Crippen molar-refractivity contribution < 1.29 is 0 Å². The van der Waals surface area contributed by atoms with Crippen molar-refractivity contribution in [1.29, 1.82) is 0 Å². The van der Waals surface area contributed by atoms with Gasteiger partial charge in [0.15, 0.2) is 0 Å². The van der Waals surface area contributed by atoms with Gasteiger partial charge in [0, 0.05) is 20.2 Å². The van der Waals surface area contributed by atoms with Gasteiger partial charge in [-0.3, -0.25) is 0 Å². The number of hydrogen-bond donors (Lipinski definition) is 4. The van der Waals surface area contributed by atoms with Crippen LogP contribution in [0.1, 0.15) is 0 Å². The van der Waals surface area contributed by atoms with Gasteiger partial charge in [-0.1, -0.05) is 0 Å². The lowest BCUT2D eigenvalue weighted by Crippen LogP contribution is -1.94. The second kappa shape index (κ2) is 3.18. The molecule has 1 heterocycles. The second-order valence-corrected chi connectivity index (χ2v) is 5.14. The summed E-state index contributed by atoms with van der Waals surface area (Å²) >= 11 is 1.64. The lowest BCUT2D eigenvalue weighted by molar-refractivity contribution is 1.74. The van der Waals surface area contributed by atoms with E-state index in [2.05, 4.69) is 0 Å². The molecule has 0 saturated heterocycles. The molecule has 0 fully saturated rings. The van der Waals surface area contributed by atoms with Crippen LogP contribution in [0.5, 0.6) is 0 Å². The van der Waals surface area contributed by atoms with Crippen molar-refractivity contribution in [1.82, 2.24) is 0 Å². The van der Waals surface area contributed by atoms with Crippen molar-refractivity contribution in [2.75, 3.05) is 22.9 Å². The van der Waals surface area contributed by atoms with Crippen LogP contribution in [0.15, 0.2) is 24.3 Å². The molecule has 86 valence electrons. The number of rotatable bonds is 0. The van der Waals surface area contributed by atoms with Crippen molar-refractivity contribution in [3.05, 3.63) is 24.3 Å². The smallest absolute Gasteiger partial charge is 0.0562 e. The molecule has 0 aliphatic rings. The topological polar surface area (TPSA) is 104 Å². The average molecular weight is 244 g/mol. The first-order valence-electron chi connectivity index (χ1n) is 5.12. The molecule has 0 spiro atoms. The fourth-order valence-electron chi connectivity index (χ4n) is 1.93. The number of nitrogens with two attached hydrogens (primary N) is 4. The summed E-state index contributed by atoms with van der Waals surface area (Å²) in [4.78, 5) is 0. The van der Waals surface area contributed by atoms with Crippen molar-refractivity contribution in [3.63, 3.8) is 0 Å². The van der Waals surface area contributed by atoms with Crippen molar-refractivity contribution in [2.45, 2.75) is 0 Å². The summed E-state index contributed by atoms with van der Waals surface area (Å²) < 4.78 is 2.19. The first-order valence-corrected chi connectivity index (χ1v) is 5.94. The maximum absolute atomic E-state index is 5.83. The van der Waals surface area contributed by atoms with Gasteiger partial charge in [-0.25, -0.2) is 0 Å². The predicted octanol–water partition coefficient (Wildman–Crippen LogP) is 2.38. The van der Waals surface area contributed by atoms with Gasteiger partial charge >= 0.3 is 0 Å². The summed E-state index contributed by atoms with van der Waals surface area (Å²) in [6, 6.07) is 7.56. The van der Waals surface area contributed by atoms with Gasteiger partial charge in [0.05, 0.1) is 22.7 Å². The highest BCUT2D eigenvalue weighted by Crippen LogP contribution is 2.39. The minimum atomic E-state index is 0.590. The van der Waals surface area contributed by atoms with Gasteiger partial charge in [0.1, 0.15) is 0 Å². The number of nitrogen functional groups attached to an aromatic ring is 4. The standard InChI is InChI=1S/C12H12N4S/c13-7-1-5-6-2-8(14)10(16)4-12(6)17-11(5)3-9(7)15/h1-4H,13-16H2. The second-order valence-electron chi connectivity index (χ2n) is 4.06. The van der Waals surface area contributed by atoms with Crippen LogP contribution in [-0.4, -0.2) is 0 Å². The molecule has 0 amide bonds. The van der Waals surface area contributed by atoms with Crippen molar-refractivity contribution >= 4 is 54.3 Å². The highest BCUT2D eigenvalue weighted by atomic mass is 32.1. The Hall–Kier alpha value is -2.14. The number of hydrogen-bond acceptors (Lipinski definition) is 5. The summed E-state index contributed by atoms with van der Waals surface area (Å²) in [6.45, 7) is 0. The van der Waals surface area contributed by atoms with E-state index in [1.54, 1.807) is 11.3 Å². The fraction of sp³-hybridized carbons (Fsp3) is 0. The molecule has 5 heteroatoms. The summed E-state index contributed by atoms with van der Waals surface area (Å²) in [5, 5.41) is 2.15. The minimum Gasteiger partial charge on any atom is -0.397 e. The molecule has 0 unspecified atom stereocenters. The summed E-state index contributed by atoms with van der Waals surface area (Å²) in [5.74, 6) is 0. The lowest BCUT2D eigenvalue weighted by atomic mass is 10.1. The zero-order valence-corrected chi connectivity index (χ0v) is 9.84. The summed E-state index contributed by atoms with van der Waals surface area (Å²) in [6.07, 6.45) is 0. The third-order valence-corrected chi connectivity index (χ3v) is 4.00. The van der Waals surface area contributed by atoms with E-state index in [4.69, 9.17) is 22.9 Å². The van der Waals surface area contributed by atoms with Crippen LogP contribution < -0.4 is 22.9 Å². The van der Waals surface area contributed by atoms with Crippen LogP contribution in [-0.2, 0) is 0 Å². The van der Waals surface area contributed by atoms with E-state index < -0.39 is 0 Å². The molecular weight excluding hydrogens is 232 g/mol. The van der Waals surface area contributed by atoms with Gasteiger partial charge in [-0.15, -0.1) is 11.3 Å². The molecule has 0 radical (unpaired) electrons. The molecule has 0 aliphatic heterocycles. The Kier molecular flexibility index (Phi) is 1.88.